The topological polar surface area (TPSA) is 46.9 Å². The third kappa shape index (κ3) is 5.27. The summed E-state index contributed by atoms with van der Waals surface area (Å²) in [4.78, 5) is 12.1. The second kappa shape index (κ2) is 9.16. The Kier molecular flexibility index (Phi) is 7.88. The van der Waals surface area contributed by atoms with Gasteiger partial charge in [-0.15, -0.1) is 0 Å². The lowest BCUT2D eigenvalue weighted by Gasteiger charge is -2.12. The molecule has 0 aliphatic carbocycles. The average molecular weight is 344 g/mol. The van der Waals surface area contributed by atoms with Crippen LogP contribution in [0.3, 0.4) is 0 Å². The minimum atomic E-state index is -0.0760. The Bertz CT molecular complexity index is 457. The third-order valence-electron chi connectivity index (χ3n) is 3.28. The average Bonchev–Trinajstić information content (AvgIpc) is 2.42. The summed E-state index contributed by atoms with van der Waals surface area (Å²) in [6.45, 7) is 7.01. The van der Waals surface area contributed by atoms with E-state index in [1.54, 1.807) is 6.20 Å². The SMILES string of the molecule is CCCCCCCCNc1cnn(C(C)C)c(=O)c1Br. The molecule has 0 amide bonds. The summed E-state index contributed by atoms with van der Waals surface area (Å²) < 4.78 is 2.06. The molecule has 0 bridgehead atoms. The summed E-state index contributed by atoms with van der Waals surface area (Å²) in [6.07, 6.45) is 9.32. The summed E-state index contributed by atoms with van der Waals surface area (Å²) in [6, 6.07) is 0.0754. The molecule has 1 rings (SSSR count). The molecule has 1 heterocycles. The number of halogens is 1. The lowest BCUT2D eigenvalue weighted by Crippen LogP contribution is -2.26. The number of nitrogens with one attached hydrogen (secondary N) is 1. The fraction of sp³-hybridized carbons (Fsp3) is 0.733. The standard InChI is InChI=1S/C15H26BrN3O/c1-4-5-6-7-8-9-10-17-13-11-18-19(12(2)3)15(20)14(13)16/h11-12,17H,4-10H2,1-3H3. The normalized spacial score (nSPS) is 11.1. The van der Waals surface area contributed by atoms with Gasteiger partial charge in [0.15, 0.2) is 0 Å². The summed E-state index contributed by atoms with van der Waals surface area (Å²) in [5, 5.41) is 7.48. The lowest BCUT2D eigenvalue weighted by molar-refractivity contribution is 0.501. The Morgan fingerprint density at radius 2 is 1.90 bits per heavy atom. The maximum Gasteiger partial charge on any atom is 0.283 e. The van der Waals surface area contributed by atoms with E-state index in [2.05, 4.69) is 33.3 Å². The third-order valence-corrected chi connectivity index (χ3v) is 4.04. The van der Waals surface area contributed by atoms with E-state index in [1.165, 1.54) is 36.8 Å². The molecule has 20 heavy (non-hydrogen) atoms. The zero-order valence-electron chi connectivity index (χ0n) is 12.8. The van der Waals surface area contributed by atoms with Gasteiger partial charge in [-0.1, -0.05) is 39.0 Å². The molecule has 0 saturated heterocycles. The largest absolute Gasteiger partial charge is 0.383 e. The van der Waals surface area contributed by atoms with Crippen LogP contribution in [0.15, 0.2) is 15.5 Å². The quantitative estimate of drug-likeness (QED) is 0.677. The molecular weight excluding hydrogens is 318 g/mol. The van der Waals surface area contributed by atoms with Crippen LogP contribution < -0.4 is 10.9 Å². The number of hydrogen-bond acceptors (Lipinski definition) is 3. The van der Waals surface area contributed by atoms with E-state index in [-0.39, 0.29) is 11.6 Å². The highest BCUT2D eigenvalue weighted by Crippen LogP contribution is 2.17. The van der Waals surface area contributed by atoms with Crippen molar-refractivity contribution in [1.29, 1.82) is 0 Å². The molecule has 0 radical (unpaired) electrons. The fourth-order valence-electron chi connectivity index (χ4n) is 2.06. The zero-order chi connectivity index (χ0) is 15.0. The number of hydrogen-bond donors (Lipinski definition) is 1. The van der Waals surface area contributed by atoms with Gasteiger partial charge in [-0.3, -0.25) is 4.79 Å². The second-order valence-electron chi connectivity index (χ2n) is 5.41. The first-order valence-corrected chi connectivity index (χ1v) is 8.38. The Hall–Kier alpha value is -0.840. The molecule has 0 unspecified atom stereocenters. The lowest BCUT2D eigenvalue weighted by atomic mass is 10.1. The van der Waals surface area contributed by atoms with Crippen LogP contribution in [0.4, 0.5) is 5.69 Å². The Labute approximate surface area is 130 Å². The summed E-state index contributed by atoms with van der Waals surface area (Å²) in [5.74, 6) is 0. The van der Waals surface area contributed by atoms with Gasteiger partial charge in [0.25, 0.3) is 5.56 Å². The predicted molar refractivity (Wildman–Crippen MR) is 88.4 cm³/mol. The molecule has 0 aromatic carbocycles. The Balaban J connectivity index is 2.42. The van der Waals surface area contributed by atoms with Gasteiger partial charge in [0.1, 0.15) is 4.47 Å². The molecule has 0 aliphatic rings. The predicted octanol–water partition coefficient (Wildman–Crippen LogP) is 4.36. The van der Waals surface area contributed by atoms with E-state index in [0.29, 0.717) is 4.47 Å². The van der Waals surface area contributed by atoms with Crippen LogP contribution in [-0.4, -0.2) is 16.3 Å². The smallest absolute Gasteiger partial charge is 0.283 e. The highest BCUT2D eigenvalue weighted by Gasteiger charge is 2.10. The van der Waals surface area contributed by atoms with Gasteiger partial charge in [-0.25, -0.2) is 4.68 Å². The monoisotopic (exact) mass is 343 g/mol. The summed E-state index contributed by atoms with van der Waals surface area (Å²) >= 11 is 3.37. The molecule has 5 heteroatoms. The number of anilines is 1. The van der Waals surface area contributed by atoms with Crippen LogP contribution in [0.5, 0.6) is 0 Å². The molecule has 0 saturated carbocycles. The van der Waals surface area contributed by atoms with E-state index in [9.17, 15) is 4.79 Å². The van der Waals surface area contributed by atoms with Crippen molar-refractivity contribution in [3.63, 3.8) is 0 Å². The van der Waals surface area contributed by atoms with E-state index in [0.717, 1.165) is 18.7 Å². The van der Waals surface area contributed by atoms with Gasteiger partial charge in [-0.2, -0.15) is 5.10 Å². The number of rotatable bonds is 9. The second-order valence-corrected chi connectivity index (χ2v) is 6.20. The van der Waals surface area contributed by atoms with E-state index < -0.39 is 0 Å². The highest BCUT2D eigenvalue weighted by molar-refractivity contribution is 9.10. The van der Waals surface area contributed by atoms with Crippen molar-refractivity contribution < 1.29 is 0 Å². The van der Waals surface area contributed by atoms with Gasteiger partial charge in [0, 0.05) is 6.54 Å². The van der Waals surface area contributed by atoms with Crippen LogP contribution in [0.25, 0.3) is 0 Å². The molecular formula is C15H26BrN3O. The molecule has 0 aliphatic heterocycles. The van der Waals surface area contributed by atoms with Gasteiger partial charge in [0.05, 0.1) is 17.9 Å². The number of unbranched alkanes of at least 4 members (excludes halogenated alkanes) is 5. The van der Waals surface area contributed by atoms with Gasteiger partial charge < -0.3 is 5.32 Å². The number of nitrogens with zero attached hydrogens (tertiary/aromatic N) is 2. The molecule has 1 aromatic rings. The zero-order valence-corrected chi connectivity index (χ0v) is 14.4. The maximum absolute atomic E-state index is 12.1. The first-order valence-electron chi connectivity index (χ1n) is 7.59. The van der Waals surface area contributed by atoms with Crippen LogP contribution >= 0.6 is 15.9 Å². The molecule has 1 aromatic heterocycles. The van der Waals surface area contributed by atoms with Crippen LogP contribution in [-0.2, 0) is 0 Å². The van der Waals surface area contributed by atoms with Gasteiger partial charge in [-0.05, 0) is 36.2 Å². The molecule has 0 spiro atoms. The van der Waals surface area contributed by atoms with E-state index >= 15 is 0 Å². The fourth-order valence-corrected chi connectivity index (χ4v) is 2.49. The van der Waals surface area contributed by atoms with Crippen molar-refractivity contribution in [2.24, 2.45) is 0 Å². The van der Waals surface area contributed by atoms with Crippen molar-refractivity contribution in [2.75, 3.05) is 11.9 Å². The van der Waals surface area contributed by atoms with Gasteiger partial charge >= 0.3 is 0 Å². The van der Waals surface area contributed by atoms with Gasteiger partial charge in [0.2, 0.25) is 0 Å². The Morgan fingerprint density at radius 3 is 2.55 bits per heavy atom. The van der Waals surface area contributed by atoms with Crippen molar-refractivity contribution in [2.45, 2.75) is 65.3 Å². The molecule has 0 atom stereocenters. The molecule has 1 N–H and O–H groups in total. The summed E-state index contributed by atoms with van der Waals surface area (Å²) in [7, 11) is 0. The van der Waals surface area contributed by atoms with Crippen LogP contribution in [0.1, 0.15) is 65.3 Å². The minimum absolute atomic E-state index is 0.0754. The highest BCUT2D eigenvalue weighted by atomic mass is 79.9. The summed E-state index contributed by atoms with van der Waals surface area (Å²) in [5.41, 5.74) is 0.716. The van der Waals surface area contributed by atoms with Crippen LogP contribution in [0, 0.1) is 0 Å². The van der Waals surface area contributed by atoms with E-state index in [1.807, 2.05) is 13.8 Å². The minimum Gasteiger partial charge on any atom is -0.383 e. The first-order chi connectivity index (χ1) is 9.57. The first kappa shape index (κ1) is 17.2. The molecule has 114 valence electrons. The Morgan fingerprint density at radius 1 is 1.25 bits per heavy atom. The maximum atomic E-state index is 12.1. The van der Waals surface area contributed by atoms with Crippen molar-refractivity contribution in [1.82, 2.24) is 9.78 Å². The molecule has 0 fully saturated rings. The molecule has 4 nitrogen and oxygen atoms in total. The van der Waals surface area contributed by atoms with Crippen LogP contribution in [0.2, 0.25) is 0 Å². The van der Waals surface area contributed by atoms with Crippen molar-refractivity contribution in [3.8, 4) is 0 Å². The van der Waals surface area contributed by atoms with Crippen molar-refractivity contribution in [3.05, 3.63) is 21.0 Å². The number of aromatic nitrogens is 2. The van der Waals surface area contributed by atoms with Crippen molar-refractivity contribution >= 4 is 21.6 Å². The van der Waals surface area contributed by atoms with E-state index in [4.69, 9.17) is 0 Å².